The van der Waals surface area contributed by atoms with Crippen LogP contribution in [0.4, 0.5) is 0 Å². The van der Waals surface area contributed by atoms with Gasteiger partial charge in [0.25, 0.3) is 5.56 Å². The standard InChI is InChI=1S/C21H16N4O2S/c1-13-18(14(2)27-24-13)12-28-21-23-19-6-4-3-5-17(19)20(26)25(21)16-9-7-15(11-22)8-10-16/h3-10H,12H2,1-2H3. The molecule has 0 N–H and O–H groups in total. The third kappa shape index (κ3) is 3.19. The first-order valence-corrected chi connectivity index (χ1v) is 9.64. The number of rotatable bonds is 4. The van der Waals surface area contributed by atoms with Crippen molar-refractivity contribution in [2.24, 2.45) is 0 Å². The van der Waals surface area contributed by atoms with E-state index in [0.29, 0.717) is 33.1 Å². The zero-order chi connectivity index (χ0) is 19.7. The molecule has 7 heteroatoms. The molecule has 2 aromatic heterocycles. The van der Waals surface area contributed by atoms with Crippen LogP contribution in [0.15, 0.2) is 63.0 Å². The maximum absolute atomic E-state index is 13.2. The van der Waals surface area contributed by atoms with Crippen LogP contribution in [0.25, 0.3) is 16.6 Å². The van der Waals surface area contributed by atoms with Gasteiger partial charge in [0.15, 0.2) is 5.16 Å². The van der Waals surface area contributed by atoms with Crippen molar-refractivity contribution in [3.63, 3.8) is 0 Å². The van der Waals surface area contributed by atoms with Gasteiger partial charge in [-0.3, -0.25) is 9.36 Å². The molecule has 6 nitrogen and oxygen atoms in total. The average molecular weight is 388 g/mol. The van der Waals surface area contributed by atoms with Crippen LogP contribution < -0.4 is 5.56 Å². The second kappa shape index (κ2) is 7.33. The number of aryl methyl sites for hydroxylation is 2. The van der Waals surface area contributed by atoms with E-state index < -0.39 is 0 Å². The van der Waals surface area contributed by atoms with Crippen LogP contribution >= 0.6 is 11.8 Å². The van der Waals surface area contributed by atoms with E-state index in [-0.39, 0.29) is 5.56 Å². The van der Waals surface area contributed by atoms with Gasteiger partial charge in [-0.2, -0.15) is 5.26 Å². The number of hydrogen-bond donors (Lipinski definition) is 0. The summed E-state index contributed by atoms with van der Waals surface area (Å²) in [6.45, 7) is 3.77. The first-order chi connectivity index (χ1) is 13.6. The van der Waals surface area contributed by atoms with Crippen LogP contribution in [-0.2, 0) is 5.75 Å². The second-order valence-electron chi connectivity index (χ2n) is 6.30. The first kappa shape index (κ1) is 18.0. The SMILES string of the molecule is Cc1noc(C)c1CSc1nc2ccccc2c(=O)n1-c1ccc(C#N)cc1. The van der Waals surface area contributed by atoms with Crippen LogP contribution in [0.5, 0.6) is 0 Å². The minimum atomic E-state index is -0.142. The summed E-state index contributed by atoms with van der Waals surface area (Å²) in [4.78, 5) is 17.9. The van der Waals surface area contributed by atoms with Crippen molar-refractivity contribution in [3.8, 4) is 11.8 Å². The molecule has 138 valence electrons. The highest BCUT2D eigenvalue weighted by Gasteiger charge is 2.16. The lowest BCUT2D eigenvalue weighted by Crippen LogP contribution is -2.21. The summed E-state index contributed by atoms with van der Waals surface area (Å²) in [5.74, 6) is 1.35. The number of hydrogen-bond acceptors (Lipinski definition) is 6. The van der Waals surface area contributed by atoms with Crippen molar-refractivity contribution in [3.05, 3.63) is 81.5 Å². The Morgan fingerprint density at radius 2 is 1.89 bits per heavy atom. The van der Waals surface area contributed by atoms with Crippen LogP contribution in [0.3, 0.4) is 0 Å². The van der Waals surface area contributed by atoms with Gasteiger partial charge in [-0.25, -0.2) is 4.98 Å². The summed E-state index contributed by atoms with van der Waals surface area (Å²) >= 11 is 1.45. The lowest BCUT2D eigenvalue weighted by atomic mass is 10.2. The fraction of sp³-hybridized carbons (Fsp3) is 0.143. The van der Waals surface area contributed by atoms with Crippen LogP contribution in [-0.4, -0.2) is 14.7 Å². The Kier molecular flexibility index (Phi) is 4.72. The minimum Gasteiger partial charge on any atom is -0.361 e. The second-order valence-corrected chi connectivity index (χ2v) is 7.24. The Morgan fingerprint density at radius 1 is 1.14 bits per heavy atom. The van der Waals surface area contributed by atoms with E-state index >= 15 is 0 Å². The fourth-order valence-electron chi connectivity index (χ4n) is 2.97. The molecule has 2 heterocycles. The quantitative estimate of drug-likeness (QED) is 0.386. The number of benzene rings is 2. The van der Waals surface area contributed by atoms with E-state index in [1.165, 1.54) is 11.8 Å². The largest absolute Gasteiger partial charge is 0.361 e. The van der Waals surface area contributed by atoms with E-state index in [2.05, 4.69) is 11.2 Å². The van der Waals surface area contributed by atoms with Gasteiger partial charge < -0.3 is 4.52 Å². The molecule has 0 spiro atoms. The van der Waals surface area contributed by atoms with Crippen LogP contribution in [0, 0.1) is 25.2 Å². The van der Waals surface area contributed by atoms with Crippen molar-refractivity contribution in [2.75, 3.05) is 0 Å². The summed E-state index contributed by atoms with van der Waals surface area (Å²) in [6.07, 6.45) is 0. The molecule has 0 radical (unpaired) electrons. The highest BCUT2D eigenvalue weighted by atomic mass is 32.2. The maximum atomic E-state index is 13.2. The Hall–Kier alpha value is -3.37. The summed E-state index contributed by atoms with van der Waals surface area (Å²) in [7, 11) is 0. The minimum absolute atomic E-state index is 0.142. The van der Waals surface area contributed by atoms with E-state index in [9.17, 15) is 4.79 Å². The normalized spacial score (nSPS) is 10.9. The molecule has 0 saturated carbocycles. The maximum Gasteiger partial charge on any atom is 0.266 e. The van der Waals surface area contributed by atoms with Crippen LogP contribution in [0.1, 0.15) is 22.6 Å². The van der Waals surface area contributed by atoms with E-state index in [1.54, 1.807) is 34.9 Å². The summed E-state index contributed by atoms with van der Waals surface area (Å²) in [5.41, 5.74) is 3.55. The van der Waals surface area contributed by atoms with Crippen LogP contribution in [0.2, 0.25) is 0 Å². The Morgan fingerprint density at radius 3 is 2.57 bits per heavy atom. The summed E-state index contributed by atoms with van der Waals surface area (Å²) in [6, 6.07) is 16.3. The lowest BCUT2D eigenvalue weighted by Gasteiger charge is -2.13. The highest BCUT2D eigenvalue weighted by Crippen LogP contribution is 2.27. The lowest BCUT2D eigenvalue weighted by molar-refractivity contribution is 0.392. The number of aromatic nitrogens is 3. The van der Waals surface area contributed by atoms with Crippen molar-refractivity contribution in [1.82, 2.24) is 14.7 Å². The monoisotopic (exact) mass is 388 g/mol. The zero-order valence-corrected chi connectivity index (χ0v) is 16.2. The first-order valence-electron chi connectivity index (χ1n) is 8.65. The Balaban J connectivity index is 1.85. The molecule has 0 aliphatic rings. The molecule has 4 rings (SSSR count). The molecular weight excluding hydrogens is 372 g/mol. The Bertz CT molecular complexity index is 1250. The molecule has 28 heavy (non-hydrogen) atoms. The van der Waals surface area contributed by atoms with E-state index in [1.807, 2.05) is 32.0 Å². The van der Waals surface area contributed by atoms with Gasteiger partial charge in [0, 0.05) is 11.3 Å². The molecule has 0 unspecified atom stereocenters. The van der Waals surface area contributed by atoms with Crippen molar-refractivity contribution < 1.29 is 4.52 Å². The van der Waals surface area contributed by atoms with Gasteiger partial charge in [-0.05, 0) is 50.2 Å². The highest BCUT2D eigenvalue weighted by molar-refractivity contribution is 7.98. The molecule has 0 saturated heterocycles. The molecule has 0 bridgehead atoms. The zero-order valence-electron chi connectivity index (χ0n) is 15.3. The molecule has 0 aliphatic carbocycles. The molecule has 0 amide bonds. The number of para-hydroxylation sites is 1. The molecule has 0 aliphatic heterocycles. The van der Waals surface area contributed by atoms with Gasteiger partial charge >= 0.3 is 0 Å². The average Bonchev–Trinajstić information content (AvgIpc) is 3.04. The fourth-order valence-corrected chi connectivity index (χ4v) is 4.13. The number of nitriles is 1. The van der Waals surface area contributed by atoms with Gasteiger partial charge in [0.1, 0.15) is 5.76 Å². The molecule has 2 aromatic carbocycles. The van der Waals surface area contributed by atoms with Gasteiger partial charge in [0.05, 0.1) is 33.9 Å². The number of nitrogens with zero attached hydrogens (tertiary/aromatic N) is 4. The topological polar surface area (TPSA) is 84.7 Å². The number of fused-ring (bicyclic) bond motifs is 1. The molecule has 0 atom stereocenters. The van der Waals surface area contributed by atoms with Gasteiger partial charge in [-0.1, -0.05) is 29.1 Å². The Labute approximate surface area is 165 Å². The van der Waals surface area contributed by atoms with Crippen molar-refractivity contribution in [1.29, 1.82) is 5.26 Å². The molecule has 0 fully saturated rings. The smallest absolute Gasteiger partial charge is 0.266 e. The molecule has 4 aromatic rings. The molecular formula is C21H16N4O2S. The van der Waals surface area contributed by atoms with Crippen molar-refractivity contribution >= 4 is 22.7 Å². The third-order valence-electron chi connectivity index (χ3n) is 4.53. The summed E-state index contributed by atoms with van der Waals surface area (Å²) < 4.78 is 6.82. The predicted molar refractivity (Wildman–Crippen MR) is 108 cm³/mol. The van der Waals surface area contributed by atoms with Gasteiger partial charge in [-0.15, -0.1) is 0 Å². The summed E-state index contributed by atoms with van der Waals surface area (Å²) in [5, 5.41) is 14.2. The van der Waals surface area contributed by atoms with E-state index in [4.69, 9.17) is 14.8 Å². The van der Waals surface area contributed by atoms with E-state index in [0.717, 1.165) is 17.0 Å². The number of thioether (sulfide) groups is 1. The predicted octanol–water partition coefficient (Wildman–Crippen LogP) is 4.15. The van der Waals surface area contributed by atoms with Gasteiger partial charge in [0.2, 0.25) is 0 Å². The third-order valence-corrected chi connectivity index (χ3v) is 5.49. The van der Waals surface area contributed by atoms with Crippen molar-refractivity contribution in [2.45, 2.75) is 24.8 Å².